The molecule has 0 aromatic heterocycles. The van der Waals surface area contributed by atoms with Crippen LogP contribution in [0.4, 0.5) is 4.39 Å². The van der Waals surface area contributed by atoms with E-state index in [2.05, 4.69) is 12.2 Å². The van der Waals surface area contributed by atoms with Crippen molar-refractivity contribution >= 4 is 0 Å². The molecule has 0 spiro atoms. The normalized spacial score (nSPS) is 10.5. The number of benzene rings is 2. The smallest absolute Gasteiger partial charge is 0.168 e. The Bertz CT molecular complexity index is 554. The van der Waals surface area contributed by atoms with E-state index in [9.17, 15) is 4.39 Å². The fraction of sp³-hybridized carbons (Fsp3) is 0.250. The Hall–Kier alpha value is -1.87. The molecule has 0 saturated heterocycles. The number of aryl methyl sites for hydroxylation is 1. The second kappa shape index (κ2) is 6.34. The van der Waals surface area contributed by atoms with Crippen LogP contribution >= 0.6 is 0 Å². The molecule has 2 nitrogen and oxygen atoms in total. The molecule has 100 valence electrons. The van der Waals surface area contributed by atoms with Crippen LogP contribution in [0, 0.1) is 12.7 Å². The van der Waals surface area contributed by atoms with Gasteiger partial charge < -0.3 is 10.1 Å². The highest BCUT2D eigenvalue weighted by molar-refractivity contribution is 5.36. The molecule has 0 aliphatic carbocycles. The van der Waals surface area contributed by atoms with Crippen LogP contribution in [0.5, 0.6) is 11.5 Å². The summed E-state index contributed by atoms with van der Waals surface area (Å²) in [6.07, 6.45) is 0. The predicted octanol–water partition coefficient (Wildman–Crippen LogP) is 4.04. The van der Waals surface area contributed by atoms with Gasteiger partial charge in [0.05, 0.1) is 0 Å². The monoisotopic (exact) mass is 259 g/mol. The Morgan fingerprint density at radius 3 is 2.74 bits per heavy atom. The summed E-state index contributed by atoms with van der Waals surface area (Å²) in [5.41, 5.74) is 1.70. The summed E-state index contributed by atoms with van der Waals surface area (Å²) in [6.45, 7) is 5.48. The first-order valence-corrected chi connectivity index (χ1v) is 6.43. The highest BCUT2D eigenvalue weighted by Gasteiger charge is 2.07. The Labute approximate surface area is 113 Å². The average Bonchev–Trinajstić information content (AvgIpc) is 2.42. The van der Waals surface area contributed by atoms with Crippen LogP contribution in [0.3, 0.4) is 0 Å². The Balaban J connectivity index is 2.16. The van der Waals surface area contributed by atoms with E-state index in [4.69, 9.17) is 4.74 Å². The molecule has 0 aliphatic heterocycles. The first-order valence-electron chi connectivity index (χ1n) is 6.43. The number of hydrogen-bond donors (Lipinski definition) is 1. The van der Waals surface area contributed by atoms with Crippen molar-refractivity contribution < 1.29 is 9.13 Å². The summed E-state index contributed by atoms with van der Waals surface area (Å²) in [5.74, 6) is 0.611. The van der Waals surface area contributed by atoms with Gasteiger partial charge in [0.15, 0.2) is 11.6 Å². The Kier molecular flexibility index (Phi) is 4.53. The van der Waals surface area contributed by atoms with E-state index in [1.165, 1.54) is 0 Å². The quantitative estimate of drug-likeness (QED) is 0.875. The molecule has 0 amide bonds. The molecule has 2 aromatic rings. The zero-order valence-electron chi connectivity index (χ0n) is 11.2. The first kappa shape index (κ1) is 13.6. The molecule has 0 bridgehead atoms. The second-order valence-corrected chi connectivity index (χ2v) is 4.42. The van der Waals surface area contributed by atoms with E-state index >= 15 is 0 Å². The maximum Gasteiger partial charge on any atom is 0.168 e. The maximum atomic E-state index is 13.9. The first-order chi connectivity index (χ1) is 9.20. The minimum atomic E-state index is -0.306. The van der Waals surface area contributed by atoms with Crippen molar-refractivity contribution in [2.75, 3.05) is 6.54 Å². The van der Waals surface area contributed by atoms with Crippen LogP contribution in [0.25, 0.3) is 0 Å². The second-order valence-electron chi connectivity index (χ2n) is 4.42. The molecule has 1 N–H and O–H groups in total. The summed E-state index contributed by atoms with van der Waals surface area (Å²) in [4.78, 5) is 0. The minimum Gasteiger partial charge on any atom is -0.454 e. The molecule has 0 unspecified atom stereocenters. The van der Waals surface area contributed by atoms with Crippen LogP contribution in [0.15, 0.2) is 42.5 Å². The summed E-state index contributed by atoms with van der Waals surface area (Å²) in [6, 6.07) is 12.8. The summed E-state index contributed by atoms with van der Waals surface area (Å²) >= 11 is 0. The van der Waals surface area contributed by atoms with E-state index in [1.807, 2.05) is 24.3 Å². The van der Waals surface area contributed by atoms with E-state index < -0.39 is 0 Å². The largest absolute Gasteiger partial charge is 0.454 e. The number of ether oxygens (including phenoxy) is 1. The summed E-state index contributed by atoms with van der Waals surface area (Å²) in [7, 11) is 0. The molecule has 0 heterocycles. The SMILES string of the molecule is CCNCc1cccc(Oc2cccc(C)c2F)c1. The van der Waals surface area contributed by atoms with Crippen molar-refractivity contribution in [3.05, 3.63) is 59.4 Å². The predicted molar refractivity (Wildman–Crippen MR) is 75.0 cm³/mol. The van der Waals surface area contributed by atoms with Gasteiger partial charge >= 0.3 is 0 Å². The van der Waals surface area contributed by atoms with Gasteiger partial charge in [-0.2, -0.15) is 0 Å². The van der Waals surface area contributed by atoms with Crippen LogP contribution in [0.2, 0.25) is 0 Å². The van der Waals surface area contributed by atoms with E-state index in [1.54, 1.807) is 25.1 Å². The Morgan fingerprint density at radius 2 is 1.95 bits per heavy atom. The van der Waals surface area contributed by atoms with Gasteiger partial charge in [0.25, 0.3) is 0 Å². The van der Waals surface area contributed by atoms with Crippen LogP contribution < -0.4 is 10.1 Å². The van der Waals surface area contributed by atoms with E-state index in [0.717, 1.165) is 18.7 Å². The van der Waals surface area contributed by atoms with Gasteiger partial charge in [0.2, 0.25) is 0 Å². The van der Waals surface area contributed by atoms with E-state index in [0.29, 0.717) is 11.3 Å². The molecular weight excluding hydrogens is 241 g/mol. The number of rotatable bonds is 5. The zero-order chi connectivity index (χ0) is 13.7. The Morgan fingerprint density at radius 1 is 1.16 bits per heavy atom. The standard InChI is InChI=1S/C16H18FNO/c1-3-18-11-13-7-5-8-14(10-13)19-15-9-4-6-12(2)16(15)17/h4-10,18H,3,11H2,1-2H3. The molecule has 3 heteroatoms. The molecule has 2 aromatic carbocycles. The highest BCUT2D eigenvalue weighted by atomic mass is 19.1. The van der Waals surface area contributed by atoms with Crippen molar-refractivity contribution in [1.29, 1.82) is 0 Å². The maximum absolute atomic E-state index is 13.9. The van der Waals surface area contributed by atoms with Crippen molar-refractivity contribution in [2.24, 2.45) is 0 Å². The van der Waals surface area contributed by atoms with Crippen molar-refractivity contribution in [1.82, 2.24) is 5.32 Å². The van der Waals surface area contributed by atoms with Gasteiger partial charge in [-0.1, -0.05) is 31.2 Å². The molecular formula is C16H18FNO. The van der Waals surface area contributed by atoms with Crippen LogP contribution in [0.1, 0.15) is 18.1 Å². The van der Waals surface area contributed by atoms with Gasteiger partial charge in [0.1, 0.15) is 5.75 Å². The topological polar surface area (TPSA) is 21.3 Å². The molecule has 0 radical (unpaired) electrons. The fourth-order valence-corrected chi connectivity index (χ4v) is 1.81. The van der Waals surface area contributed by atoms with Crippen molar-refractivity contribution in [3.8, 4) is 11.5 Å². The average molecular weight is 259 g/mol. The lowest BCUT2D eigenvalue weighted by atomic mass is 10.2. The van der Waals surface area contributed by atoms with Crippen LogP contribution in [-0.2, 0) is 6.54 Å². The third kappa shape index (κ3) is 3.55. The number of nitrogens with one attached hydrogen (secondary N) is 1. The number of halogens is 1. The van der Waals surface area contributed by atoms with Crippen molar-refractivity contribution in [3.63, 3.8) is 0 Å². The fourth-order valence-electron chi connectivity index (χ4n) is 1.81. The van der Waals surface area contributed by atoms with Crippen LogP contribution in [-0.4, -0.2) is 6.54 Å². The van der Waals surface area contributed by atoms with Gasteiger partial charge in [-0.25, -0.2) is 4.39 Å². The third-order valence-corrected chi connectivity index (χ3v) is 2.86. The highest BCUT2D eigenvalue weighted by Crippen LogP contribution is 2.26. The molecule has 0 aliphatic rings. The van der Waals surface area contributed by atoms with Gasteiger partial charge in [-0.05, 0) is 42.8 Å². The van der Waals surface area contributed by atoms with Gasteiger partial charge in [-0.15, -0.1) is 0 Å². The summed E-state index contributed by atoms with van der Waals surface area (Å²) in [5, 5.41) is 3.25. The lowest BCUT2D eigenvalue weighted by molar-refractivity contribution is 0.439. The molecule has 0 saturated carbocycles. The number of hydrogen-bond acceptors (Lipinski definition) is 2. The summed E-state index contributed by atoms with van der Waals surface area (Å²) < 4.78 is 19.5. The zero-order valence-corrected chi connectivity index (χ0v) is 11.2. The third-order valence-electron chi connectivity index (χ3n) is 2.86. The molecule has 0 fully saturated rings. The molecule has 19 heavy (non-hydrogen) atoms. The van der Waals surface area contributed by atoms with E-state index in [-0.39, 0.29) is 11.6 Å². The molecule has 2 rings (SSSR count). The minimum absolute atomic E-state index is 0.264. The lowest BCUT2D eigenvalue weighted by Gasteiger charge is -2.09. The molecule has 0 atom stereocenters. The lowest BCUT2D eigenvalue weighted by Crippen LogP contribution is -2.11. The van der Waals surface area contributed by atoms with Gasteiger partial charge in [-0.3, -0.25) is 0 Å². The van der Waals surface area contributed by atoms with Crippen molar-refractivity contribution in [2.45, 2.75) is 20.4 Å². The van der Waals surface area contributed by atoms with Gasteiger partial charge in [0, 0.05) is 6.54 Å².